The number of nitrogens with zero attached hydrogens (tertiary/aromatic N) is 1. The van der Waals surface area contributed by atoms with Crippen LogP contribution in [-0.4, -0.2) is 44.9 Å². The second-order valence-corrected chi connectivity index (χ2v) is 8.70. The van der Waals surface area contributed by atoms with Gasteiger partial charge in [-0.15, -0.1) is 0 Å². The Kier molecular flexibility index (Phi) is 5.06. The molecule has 1 atom stereocenters. The Morgan fingerprint density at radius 3 is 2.65 bits per heavy atom. The molecule has 0 bridgehead atoms. The van der Waals surface area contributed by atoms with Gasteiger partial charge in [-0.2, -0.15) is 4.31 Å². The minimum atomic E-state index is -3.87. The number of methoxy groups -OCH3 is 1. The van der Waals surface area contributed by atoms with Gasteiger partial charge >= 0.3 is 5.97 Å². The van der Waals surface area contributed by atoms with Crippen LogP contribution >= 0.6 is 11.6 Å². The zero-order chi connectivity index (χ0) is 17.4. The van der Waals surface area contributed by atoms with Crippen LogP contribution in [0.1, 0.15) is 30.6 Å². The number of sulfonamides is 1. The molecule has 23 heavy (non-hydrogen) atoms. The quantitative estimate of drug-likeness (QED) is 0.831. The molecule has 1 aromatic rings. The molecule has 1 saturated heterocycles. The van der Waals surface area contributed by atoms with Crippen LogP contribution in [0.4, 0.5) is 0 Å². The molecule has 0 aromatic heterocycles. The van der Waals surface area contributed by atoms with Gasteiger partial charge in [-0.1, -0.05) is 25.4 Å². The van der Waals surface area contributed by atoms with Gasteiger partial charge in [0.1, 0.15) is 0 Å². The number of piperidine rings is 1. The van der Waals surface area contributed by atoms with Crippen molar-refractivity contribution in [3.63, 3.8) is 0 Å². The first-order chi connectivity index (χ1) is 10.6. The van der Waals surface area contributed by atoms with Gasteiger partial charge in [0, 0.05) is 24.2 Å². The molecule has 0 radical (unpaired) electrons. The molecule has 1 aromatic carbocycles. The summed E-state index contributed by atoms with van der Waals surface area (Å²) in [5.74, 6) is -0.715. The summed E-state index contributed by atoms with van der Waals surface area (Å²) in [6.07, 6.45) is 0.556. The average Bonchev–Trinajstić information content (AvgIpc) is 2.49. The molecular formula is C15H21ClN2O4S. The molecule has 0 spiro atoms. The largest absolute Gasteiger partial charge is 0.465 e. The standard InChI is InChI=1S/C15H21ClN2O4S/c1-15(2)9-18(7-6-13(15)17)23(20,21)12-8-10(16)4-5-11(12)14(19)22-3/h4-5,8,13H,6-7,9,17H2,1-3H3. The van der Waals surface area contributed by atoms with Gasteiger partial charge in [0.2, 0.25) is 10.0 Å². The number of carbonyl (C=O) groups is 1. The molecule has 128 valence electrons. The highest BCUT2D eigenvalue weighted by molar-refractivity contribution is 7.89. The van der Waals surface area contributed by atoms with Crippen molar-refractivity contribution in [1.82, 2.24) is 4.31 Å². The van der Waals surface area contributed by atoms with Crippen LogP contribution < -0.4 is 5.73 Å². The Bertz CT molecular complexity index is 718. The number of halogens is 1. The summed E-state index contributed by atoms with van der Waals surface area (Å²) in [6.45, 7) is 4.45. The predicted molar refractivity (Wildman–Crippen MR) is 87.9 cm³/mol. The number of nitrogens with two attached hydrogens (primary N) is 1. The van der Waals surface area contributed by atoms with E-state index in [-0.39, 0.29) is 33.5 Å². The second kappa shape index (κ2) is 6.39. The molecule has 1 fully saturated rings. The van der Waals surface area contributed by atoms with E-state index in [0.29, 0.717) is 13.0 Å². The second-order valence-electron chi connectivity index (χ2n) is 6.35. The molecule has 1 aliphatic rings. The van der Waals surface area contributed by atoms with Gasteiger partial charge in [0.15, 0.2) is 0 Å². The predicted octanol–water partition coefficient (Wildman–Crippen LogP) is 1.87. The van der Waals surface area contributed by atoms with Crippen molar-refractivity contribution < 1.29 is 17.9 Å². The summed E-state index contributed by atoms with van der Waals surface area (Å²) in [6, 6.07) is 4.03. The Labute approximate surface area is 141 Å². The third kappa shape index (κ3) is 3.52. The van der Waals surface area contributed by atoms with Crippen molar-refractivity contribution in [2.24, 2.45) is 11.1 Å². The van der Waals surface area contributed by atoms with Crippen LogP contribution in [0.5, 0.6) is 0 Å². The van der Waals surface area contributed by atoms with Crippen LogP contribution in [0.2, 0.25) is 5.02 Å². The number of hydrogen-bond donors (Lipinski definition) is 1. The Morgan fingerprint density at radius 2 is 2.09 bits per heavy atom. The molecule has 0 aliphatic carbocycles. The molecule has 1 heterocycles. The summed E-state index contributed by atoms with van der Waals surface area (Å²) in [5.41, 5.74) is 5.69. The highest BCUT2D eigenvalue weighted by atomic mass is 35.5. The smallest absolute Gasteiger partial charge is 0.339 e. The maximum absolute atomic E-state index is 13.0. The molecule has 1 unspecified atom stereocenters. The minimum Gasteiger partial charge on any atom is -0.465 e. The molecular weight excluding hydrogens is 340 g/mol. The first-order valence-electron chi connectivity index (χ1n) is 7.23. The zero-order valence-corrected chi connectivity index (χ0v) is 14.9. The fraction of sp³-hybridized carbons (Fsp3) is 0.533. The van der Waals surface area contributed by atoms with Crippen molar-refractivity contribution in [2.75, 3.05) is 20.2 Å². The molecule has 2 rings (SSSR count). The summed E-state index contributed by atoms with van der Waals surface area (Å²) in [5, 5.41) is 0.240. The molecule has 6 nitrogen and oxygen atoms in total. The van der Waals surface area contributed by atoms with E-state index < -0.39 is 16.0 Å². The van der Waals surface area contributed by atoms with Gasteiger partial charge in [0.25, 0.3) is 0 Å². The number of rotatable bonds is 3. The highest BCUT2D eigenvalue weighted by Crippen LogP contribution is 2.33. The third-order valence-corrected chi connectivity index (χ3v) is 6.36. The highest BCUT2D eigenvalue weighted by Gasteiger charge is 2.40. The van der Waals surface area contributed by atoms with Crippen LogP contribution in [-0.2, 0) is 14.8 Å². The number of ether oxygens (including phenoxy) is 1. The summed E-state index contributed by atoms with van der Waals surface area (Å²) in [4.78, 5) is 11.8. The summed E-state index contributed by atoms with van der Waals surface area (Å²) in [7, 11) is -2.67. The van der Waals surface area contributed by atoms with E-state index in [4.69, 9.17) is 17.3 Å². The van der Waals surface area contributed by atoms with Crippen LogP contribution in [0.3, 0.4) is 0 Å². The van der Waals surface area contributed by atoms with Crippen molar-refractivity contribution in [1.29, 1.82) is 0 Å². The van der Waals surface area contributed by atoms with Crippen molar-refractivity contribution >= 4 is 27.6 Å². The number of hydrogen-bond acceptors (Lipinski definition) is 5. The molecule has 1 aliphatic heterocycles. The lowest BCUT2D eigenvalue weighted by Gasteiger charge is -2.41. The van der Waals surface area contributed by atoms with E-state index in [9.17, 15) is 13.2 Å². The zero-order valence-electron chi connectivity index (χ0n) is 13.4. The van der Waals surface area contributed by atoms with Gasteiger partial charge in [-0.25, -0.2) is 13.2 Å². The third-order valence-electron chi connectivity index (χ3n) is 4.24. The SMILES string of the molecule is COC(=O)c1ccc(Cl)cc1S(=O)(=O)N1CCC(N)C(C)(C)C1. The van der Waals surface area contributed by atoms with Crippen LogP contribution in [0.15, 0.2) is 23.1 Å². The maximum Gasteiger partial charge on any atom is 0.339 e. The number of esters is 1. The van der Waals surface area contributed by atoms with E-state index in [1.807, 2.05) is 13.8 Å². The van der Waals surface area contributed by atoms with E-state index in [2.05, 4.69) is 4.74 Å². The van der Waals surface area contributed by atoms with Crippen molar-refractivity contribution in [3.8, 4) is 0 Å². The van der Waals surface area contributed by atoms with Crippen molar-refractivity contribution in [3.05, 3.63) is 28.8 Å². The lowest BCUT2D eigenvalue weighted by atomic mass is 9.81. The van der Waals surface area contributed by atoms with Gasteiger partial charge in [0.05, 0.1) is 17.6 Å². The number of carbonyl (C=O) groups excluding carboxylic acids is 1. The van der Waals surface area contributed by atoms with E-state index in [0.717, 1.165) is 0 Å². The van der Waals surface area contributed by atoms with E-state index >= 15 is 0 Å². The van der Waals surface area contributed by atoms with Gasteiger partial charge in [-0.3, -0.25) is 0 Å². The molecule has 2 N–H and O–H groups in total. The minimum absolute atomic E-state index is 0.0235. The average molecular weight is 361 g/mol. The number of benzene rings is 1. The Morgan fingerprint density at radius 1 is 1.43 bits per heavy atom. The fourth-order valence-electron chi connectivity index (χ4n) is 2.66. The molecule has 0 amide bonds. The lowest BCUT2D eigenvalue weighted by Crippen LogP contribution is -2.54. The van der Waals surface area contributed by atoms with Crippen molar-refractivity contribution in [2.45, 2.75) is 31.2 Å². The van der Waals surface area contributed by atoms with E-state index in [1.165, 1.54) is 29.6 Å². The molecule has 0 saturated carbocycles. The fourth-order valence-corrected chi connectivity index (χ4v) is 4.73. The normalized spacial score (nSPS) is 21.9. The summed E-state index contributed by atoms with van der Waals surface area (Å²) < 4.78 is 32.0. The van der Waals surface area contributed by atoms with E-state index in [1.54, 1.807) is 0 Å². The van der Waals surface area contributed by atoms with Gasteiger partial charge in [-0.05, 0) is 30.0 Å². The monoisotopic (exact) mass is 360 g/mol. The maximum atomic E-state index is 13.0. The van der Waals surface area contributed by atoms with Gasteiger partial charge < -0.3 is 10.5 Å². The first-order valence-corrected chi connectivity index (χ1v) is 9.05. The Hall–Kier alpha value is -1.15. The van der Waals surface area contributed by atoms with Crippen LogP contribution in [0, 0.1) is 5.41 Å². The topological polar surface area (TPSA) is 89.7 Å². The first kappa shape index (κ1) is 18.2. The lowest BCUT2D eigenvalue weighted by molar-refractivity contribution is 0.0596. The molecule has 8 heteroatoms. The Balaban J connectivity index is 2.48. The summed E-state index contributed by atoms with van der Waals surface area (Å²) >= 11 is 5.93. The van der Waals surface area contributed by atoms with Crippen LogP contribution in [0.25, 0.3) is 0 Å².